The number of rotatable bonds is 8. The van der Waals surface area contributed by atoms with Gasteiger partial charge in [0.2, 0.25) is 0 Å². The topological polar surface area (TPSA) is 105 Å². The monoisotopic (exact) mass is 397 g/mol. The van der Waals surface area contributed by atoms with Crippen molar-refractivity contribution in [2.75, 3.05) is 26.2 Å². The van der Waals surface area contributed by atoms with Gasteiger partial charge < -0.3 is 9.94 Å². The first-order valence-electron chi connectivity index (χ1n) is 9.49. The third-order valence-electron chi connectivity index (χ3n) is 4.95. The number of hydrogen-bond acceptors (Lipinski definition) is 6. The Morgan fingerprint density at radius 3 is 2.93 bits per heavy atom. The molecule has 1 aliphatic rings. The molecule has 0 aromatic heterocycles. The molecular formula is C21H23N3O5. The van der Waals surface area contributed by atoms with Crippen molar-refractivity contribution < 1.29 is 19.7 Å². The fraction of sp³-hybridized carbons (Fsp3) is 0.333. The van der Waals surface area contributed by atoms with E-state index in [1.165, 1.54) is 12.1 Å². The maximum absolute atomic E-state index is 11.1. The van der Waals surface area contributed by atoms with Crippen LogP contribution < -0.4 is 0 Å². The quantitative estimate of drug-likeness (QED) is 0.317. The van der Waals surface area contributed by atoms with Gasteiger partial charge in [-0.15, -0.1) is 0 Å². The highest BCUT2D eigenvalue weighted by Crippen LogP contribution is 2.26. The lowest BCUT2D eigenvalue weighted by atomic mass is 9.98. The van der Waals surface area contributed by atoms with Crippen LogP contribution in [-0.4, -0.2) is 53.4 Å². The minimum Gasteiger partial charge on any atom is -0.481 e. The van der Waals surface area contributed by atoms with E-state index in [0.29, 0.717) is 19.7 Å². The zero-order valence-corrected chi connectivity index (χ0v) is 15.9. The Morgan fingerprint density at radius 1 is 1.31 bits per heavy atom. The second-order valence-electron chi connectivity index (χ2n) is 6.94. The molecule has 0 spiro atoms. The molecule has 152 valence electrons. The van der Waals surface area contributed by atoms with Gasteiger partial charge >= 0.3 is 5.97 Å². The molecule has 0 saturated carbocycles. The van der Waals surface area contributed by atoms with Crippen LogP contribution in [0.1, 0.15) is 18.4 Å². The molecule has 1 saturated heterocycles. The van der Waals surface area contributed by atoms with E-state index in [1.54, 1.807) is 12.3 Å². The highest BCUT2D eigenvalue weighted by molar-refractivity contribution is 5.90. The van der Waals surface area contributed by atoms with Crippen molar-refractivity contribution in [1.29, 1.82) is 0 Å². The van der Waals surface area contributed by atoms with E-state index < -0.39 is 10.9 Å². The molecule has 1 atom stereocenters. The van der Waals surface area contributed by atoms with E-state index >= 15 is 0 Å². The number of nitrogens with zero attached hydrogens (tertiary/aromatic N) is 3. The maximum atomic E-state index is 11.1. The smallest absolute Gasteiger partial charge is 0.307 e. The number of non-ortho nitro benzene ring substituents is 1. The van der Waals surface area contributed by atoms with Gasteiger partial charge in [0.15, 0.2) is 0 Å². The molecule has 3 rings (SSSR count). The van der Waals surface area contributed by atoms with E-state index in [2.05, 4.69) is 10.1 Å². The summed E-state index contributed by atoms with van der Waals surface area (Å²) in [6.07, 6.45) is 3.18. The first-order chi connectivity index (χ1) is 14.0. The molecule has 0 bridgehead atoms. The Hall–Kier alpha value is -3.26. The Morgan fingerprint density at radius 2 is 2.14 bits per heavy atom. The van der Waals surface area contributed by atoms with Crippen molar-refractivity contribution in [1.82, 2.24) is 4.90 Å². The fourth-order valence-corrected chi connectivity index (χ4v) is 3.44. The van der Waals surface area contributed by atoms with Gasteiger partial charge in [0.25, 0.3) is 5.69 Å². The van der Waals surface area contributed by atoms with Crippen LogP contribution in [0.3, 0.4) is 0 Å². The van der Waals surface area contributed by atoms with E-state index in [9.17, 15) is 14.9 Å². The first-order valence-corrected chi connectivity index (χ1v) is 9.49. The largest absolute Gasteiger partial charge is 0.481 e. The summed E-state index contributed by atoms with van der Waals surface area (Å²) in [7, 11) is 0. The summed E-state index contributed by atoms with van der Waals surface area (Å²) in [6, 6.07) is 13.9. The van der Waals surface area contributed by atoms with Crippen LogP contribution in [0.25, 0.3) is 11.1 Å². The number of nitro groups is 1. The van der Waals surface area contributed by atoms with E-state index in [4.69, 9.17) is 9.94 Å². The van der Waals surface area contributed by atoms with Gasteiger partial charge in [0.1, 0.15) is 6.61 Å². The molecule has 0 amide bonds. The number of oxime groups is 1. The number of likely N-dealkylation sites (tertiary alicyclic amines) is 1. The number of nitro benzene ring substituents is 1. The Balaban J connectivity index is 1.58. The molecule has 2 aromatic rings. The predicted octanol–water partition coefficient (Wildman–Crippen LogP) is 3.41. The number of carboxylic acid groups (broad SMARTS) is 1. The molecule has 1 aliphatic heterocycles. The van der Waals surface area contributed by atoms with Crippen LogP contribution in [0.15, 0.2) is 53.7 Å². The fourth-order valence-electron chi connectivity index (χ4n) is 3.44. The minimum absolute atomic E-state index is 0.0340. The number of carbonyl (C=O) groups is 1. The second-order valence-corrected chi connectivity index (χ2v) is 6.94. The van der Waals surface area contributed by atoms with Gasteiger partial charge in [-0.3, -0.25) is 19.8 Å². The van der Waals surface area contributed by atoms with Gasteiger partial charge in [-0.25, -0.2) is 0 Å². The standard InChI is InChI=1S/C21H23N3O5/c25-21(26)18-7-4-10-23(15-18)11-12-29-22-14-17-5-1-2-9-20(17)16-6-3-8-19(13-16)24(27)28/h1-3,5-6,8-9,13-14,18H,4,7,10-12,15H2,(H,25,26). The van der Waals surface area contributed by atoms with Gasteiger partial charge in [-0.1, -0.05) is 41.6 Å². The molecule has 1 N–H and O–H groups in total. The molecule has 8 nitrogen and oxygen atoms in total. The molecular weight excluding hydrogens is 374 g/mol. The van der Waals surface area contributed by atoms with Crippen molar-refractivity contribution in [3.8, 4) is 11.1 Å². The minimum atomic E-state index is -0.744. The lowest BCUT2D eigenvalue weighted by Crippen LogP contribution is -2.40. The summed E-state index contributed by atoms with van der Waals surface area (Å²) >= 11 is 0. The summed E-state index contributed by atoms with van der Waals surface area (Å²) in [6.45, 7) is 2.39. The zero-order chi connectivity index (χ0) is 20.6. The van der Waals surface area contributed by atoms with Crippen LogP contribution in [-0.2, 0) is 9.63 Å². The first kappa shape index (κ1) is 20.5. The van der Waals surface area contributed by atoms with Gasteiger partial charge in [0, 0.05) is 30.8 Å². The number of piperidine rings is 1. The number of hydrogen-bond donors (Lipinski definition) is 1. The van der Waals surface area contributed by atoms with Crippen LogP contribution >= 0.6 is 0 Å². The summed E-state index contributed by atoms with van der Waals surface area (Å²) in [5, 5.41) is 24.2. The average molecular weight is 397 g/mol. The Kier molecular flexibility index (Phi) is 6.91. The Labute approximate surface area is 168 Å². The number of benzene rings is 2. The van der Waals surface area contributed by atoms with Crippen molar-refractivity contribution in [2.45, 2.75) is 12.8 Å². The summed E-state index contributed by atoms with van der Waals surface area (Å²) < 4.78 is 0. The summed E-state index contributed by atoms with van der Waals surface area (Å²) in [5.41, 5.74) is 2.38. The van der Waals surface area contributed by atoms with Gasteiger partial charge in [-0.05, 0) is 30.5 Å². The Bertz CT molecular complexity index is 899. The maximum Gasteiger partial charge on any atom is 0.307 e. The van der Waals surface area contributed by atoms with Crippen molar-refractivity contribution >= 4 is 17.9 Å². The molecule has 0 aliphatic carbocycles. The van der Waals surface area contributed by atoms with Crippen LogP contribution in [0, 0.1) is 16.0 Å². The third-order valence-corrected chi connectivity index (χ3v) is 4.95. The number of aliphatic carboxylic acids is 1. The van der Waals surface area contributed by atoms with Crippen molar-refractivity contribution in [3.05, 3.63) is 64.2 Å². The highest BCUT2D eigenvalue weighted by Gasteiger charge is 2.24. The van der Waals surface area contributed by atoms with Crippen LogP contribution in [0.2, 0.25) is 0 Å². The van der Waals surface area contributed by atoms with Crippen molar-refractivity contribution in [3.63, 3.8) is 0 Å². The second kappa shape index (κ2) is 9.79. The lowest BCUT2D eigenvalue weighted by molar-refractivity contribution is -0.384. The van der Waals surface area contributed by atoms with E-state index in [0.717, 1.165) is 36.1 Å². The third kappa shape index (κ3) is 5.61. The lowest BCUT2D eigenvalue weighted by Gasteiger charge is -2.29. The summed E-state index contributed by atoms with van der Waals surface area (Å²) in [5.74, 6) is -1.06. The summed E-state index contributed by atoms with van der Waals surface area (Å²) in [4.78, 5) is 29.2. The number of carboxylic acids is 1. The van der Waals surface area contributed by atoms with Crippen LogP contribution in [0.4, 0.5) is 5.69 Å². The van der Waals surface area contributed by atoms with Crippen molar-refractivity contribution in [2.24, 2.45) is 11.1 Å². The van der Waals surface area contributed by atoms with E-state index in [1.807, 2.05) is 30.3 Å². The molecule has 2 aromatic carbocycles. The zero-order valence-electron chi connectivity index (χ0n) is 15.9. The molecule has 1 fully saturated rings. The SMILES string of the molecule is O=C(O)C1CCCN(CCON=Cc2ccccc2-c2cccc([N+](=O)[O-])c2)C1. The van der Waals surface area contributed by atoms with Gasteiger partial charge in [0.05, 0.1) is 17.1 Å². The molecule has 1 unspecified atom stereocenters. The predicted molar refractivity (Wildman–Crippen MR) is 109 cm³/mol. The van der Waals surface area contributed by atoms with Crippen LogP contribution in [0.5, 0.6) is 0 Å². The molecule has 8 heteroatoms. The van der Waals surface area contributed by atoms with Gasteiger partial charge in [-0.2, -0.15) is 0 Å². The highest BCUT2D eigenvalue weighted by atomic mass is 16.6. The normalized spacial score (nSPS) is 17.3. The molecule has 29 heavy (non-hydrogen) atoms. The average Bonchev–Trinajstić information content (AvgIpc) is 2.74. The van der Waals surface area contributed by atoms with E-state index in [-0.39, 0.29) is 11.6 Å². The molecule has 1 heterocycles. The molecule has 0 radical (unpaired) electrons.